The maximum atomic E-state index is 12.2. The quantitative estimate of drug-likeness (QED) is 0.930. The van der Waals surface area contributed by atoms with Crippen LogP contribution in [-0.4, -0.2) is 34.1 Å². The number of nitrogens with zero attached hydrogens (tertiary/aromatic N) is 3. The molecule has 0 atom stereocenters. The second-order valence-electron chi connectivity index (χ2n) is 4.60. The van der Waals surface area contributed by atoms with Crippen LogP contribution in [0.25, 0.3) is 0 Å². The van der Waals surface area contributed by atoms with Crippen molar-refractivity contribution < 1.29 is 14.3 Å². The van der Waals surface area contributed by atoms with Gasteiger partial charge in [0.05, 0.1) is 25.1 Å². The number of hydrogen-bond donors (Lipinski definition) is 1. The zero-order valence-electron chi connectivity index (χ0n) is 11.7. The molecule has 1 aromatic heterocycles. The summed E-state index contributed by atoms with van der Waals surface area (Å²) < 4.78 is 12.8. The first-order valence-corrected chi connectivity index (χ1v) is 6.88. The van der Waals surface area contributed by atoms with E-state index in [1.165, 1.54) is 0 Å². The Hall–Kier alpha value is -2.57. The Morgan fingerprint density at radius 2 is 2.24 bits per heavy atom. The molecule has 0 aliphatic carbocycles. The van der Waals surface area contributed by atoms with Gasteiger partial charge in [-0.15, -0.1) is 5.10 Å². The van der Waals surface area contributed by atoms with Gasteiger partial charge in [0.2, 0.25) is 0 Å². The van der Waals surface area contributed by atoms with E-state index < -0.39 is 0 Å². The minimum absolute atomic E-state index is 0.268. The fraction of sp³-hybridized carbons (Fsp3) is 0.357. The molecule has 7 heteroatoms. The number of aromatic nitrogens is 3. The molecule has 3 rings (SSSR count). The van der Waals surface area contributed by atoms with Crippen molar-refractivity contribution in [2.45, 2.75) is 19.9 Å². The van der Waals surface area contributed by atoms with Crippen molar-refractivity contribution in [2.75, 3.05) is 18.5 Å². The lowest BCUT2D eigenvalue weighted by Crippen LogP contribution is -2.13. The first-order chi connectivity index (χ1) is 10.3. The second-order valence-corrected chi connectivity index (χ2v) is 4.60. The van der Waals surface area contributed by atoms with E-state index in [0.29, 0.717) is 36.9 Å². The van der Waals surface area contributed by atoms with Crippen molar-refractivity contribution in [1.82, 2.24) is 15.0 Å². The topological polar surface area (TPSA) is 78.3 Å². The van der Waals surface area contributed by atoms with E-state index in [1.807, 2.05) is 19.1 Å². The molecule has 1 amide bonds. The molecule has 1 N–H and O–H groups in total. The van der Waals surface area contributed by atoms with Crippen molar-refractivity contribution in [3.63, 3.8) is 0 Å². The maximum Gasteiger partial charge on any atom is 0.277 e. The molecule has 0 fully saturated rings. The molecule has 1 aliphatic heterocycles. The van der Waals surface area contributed by atoms with E-state index in [0.717, 1.165) is 6.42 Å². The Kier molecular flexibility index (Phi) is 3.72. The molecule has 1 aromatic carbocycles. The number of aryl methyl sites for hydroxylation is 1. The van der Waals surface area contributed by atoms with Crippen LogP contribution < -0.4 is 14.8 Å². The fourth-order valence-electron chi connectivity index (χ4n) is 2.04. The van der Waals surface area contributed by atoms with Gasteiger partial charge in [0.15, 0.2) is 17.2 Å². The summed E-state index contributed by atoms with van der Waals surface area (Å²) in [4.78, 5) is 12.2. The van der Waals surface area contributed by atoms with Crippen LogP contribution in [0.3, 0.4) is 0 Å². The molecule has 0 saturated carbocycles. The molecule has 7 nitrogen and oxygen atoms in total. The summed E-state index contributed by atoms with van der Waals surface area (Å²) in [5, 5.41) is 10.5. The van der Waals surface area contributed by atoms with Gasteiger partial charge < -0.3 is 14.8 Å². The van der Waals surface area contributed by atoms with Crippen LogP contribution in [0.4, 0.5) is 5.69 Å². The number of amides is 1. The number of carbonyl (C=O) groups excluding carboxylic acids is 1. The summed E-state index contributed by atoms with van der Waals surface area (Å²) in [6, 6.07) is 5.41. The summed E-state index contributed by atoms with van der Waals surface area (Å²) in [5.74, 6) is 0.879. The smallest absolute Gasteiger partial charge is 0.277 e. The second kappa shape index (κ2) is 5.82. The zero-order valence-corrected chi connectivity index (χ0v) is 11.7. The summed E-state index contributed by atoms with van der Waals surface area (Å²) in [6.45, 7) is 3.76. The lowest BCUT2D eigenvalue weighted by Gasteiger charge is -2.12. The van der Waals surface area contributed by atoms with Gasteiger partial charge in [-0.25, -0.2) is 0 Å². The van der Waals surface area contributed by atoms with Crippen LogP contribution in [0.2, 0.25) is 0 Å². The number of anilines is 1. The number of carbonyl (C=O) groups is 1. The summed E-state index contributed by atoms with van der Waals surface area (Å²) >= 11 is 0. The number of hydrogen-bond acceptors (Lipinski definition) is 5. The Labute approximate surface area is 121 Å². The molecular weight excluding hydrogens is 272 g/mol. The molecule has 0 spiro atoms. The van der Waals surface area contributed by atoms with Crippen LogP contribution in [0.15, 0.2) is 24.4 Å². The minimum Gasteiger partial charge on any atom is -0.489 e. The molecule has 21 heavy (non-hydrogen) atoms. The van der Waals surface area contributed by atoms with Gasteiger partial charge in [-0.2, -0.15) is 0 Å². The van der Waals surface area contributed by atoms with Crippen LogP contribution in [-0.2, 0) is 6.54 Å². The predicted octanol–water partition coefficient (Wildman–Crippen LogP) is 1.71. The molecule has 0 radical (unpaired) electrons. The zero-order chi connectivity index (χ0) is 14.7. The van der Waals surface area contributed by atoms with Crippen LogP contribution in [0.5, 0.6) is 11.5 Å². The number of nitrogens with one attached hydrogen (secondary N) is 1. The predicted molar refractivity (Wildman–Crippen MR) is 75.7 cm³/mol. The number of rotatable bonds is 3. The van der Waals surface area contributed by atoms with E-state index in [-0.39, 0.29) is 11.6 Å². The third kappa shape index (κ3) is 2.81. The normalized spacial score (nSPS) is 13.6. The van der Waals surface area contributed by atoms with Gasteiger partial charge in [0, 0.05) is 13.0 Å². The first-order valence-electron chi connectivity index (χ1n) is 6.88. The Morgan fingerprint density at radius 3 is 3.05 bits per heavy atom. The van der Waals surface area contributed by atoms with E-state index in [1.54, 1.807) is 16.9 Å². The van der Waals surface area contributed by atoms with Crippen molar-refractivity contribution in [3.8, 4) is 11.5 Å². The van der Waals surface area contributed by atoms with E-state index in [2.05, 4.69) is 15.6 Å². The van der Waals surface area contributed by atoms with Gasteiger partial charge in [0.25, 0.3) is 5.91 Å². The van der Waals surface area contributed by atoms with Crippen molar-refractivity contribution in [2.24, 2.45) is 0 Å². The standard InChI is InChI=1S/C14H16N4O3/c1-2-18-9-11(16-17-18)14(19)15-10-5-3-6-12-13(10)21-8-4-7-20-12/h3,5-6,9H,2,4,7-8H2,1H3,(H,15,19). The van der Waals surface area contributed by atoms with Crippen LogP contribution >= 0.6 is 0 Å². The highest BCUT2D eigenvalue weighted by molar-refractivity contribution is 6.03. The highest BCUT2D eigenvalue weighted by atomic mass is 16.5. The molecule has 2 aromatic rings. The highest BCUT2D eigenvalue weighted by Crippen LogP contribution is 2.36. The number of benzene rings is 1. The maximum absolute atomic E-state index is 12.2. The van der Waals surface area contributed by atoms with E-state index in [4.69, 9.17) is 9.47 Å². The van der Waals surface area contributed by atoms with E-state index in [9.17, 15) is 4.79 Å². The third-order valence-electron chi connectivity index (χ3n) is 3.12. The average Bonchev–Trinajstić information content (AvgIpc) is 2.85. The first kappa shape index (κ1) is 13.4. The Bertz CT molecular complexity index is 653. The van der Waals surface area contributed by atoms with Gasteiger partial charge in [-0.1, -0.05) is 11.3 Å². The summed E-state index contributed by atoms with van der Waals surface area (Å²) in [6.07, 6.45) is 2.42. The van der Waals surface area contributed by atoms with Crippen molar-refractivity contribution >= 4 is 11.6 Å². The highest BCUT2D eigenvalue weighted by Gasteiger charge is 2.18. The van der Waals surface area contributed by atoms with E-state index >= 15 is 0 Å². The lowest BCUT2D eigenvalue weighted by atomic mass is 10.2. The molecule has 0 bridgehead atoms. The molecule has 0 saturated heterocycles. The van der Waals surface area contributed by atoms with Crippen molar-refractivity contribution in [1.29, 1.82) is 0 Å². The molecule has 0 unspecified atom stereocenters. The van der Waals surface area contributed by atoms with Crippen LogP contribution in [0.1, 0.15) is 23.8 Å². The number of fused-ring (bicyclic) bond motifs is 1. The molecule has 110 valence electrons. The monoisotopic (exact) mass is 288 g/mol. The third-order valence-corrected chi connectivity index (χ3v) is 3.12. The average molecular weight is 288 g/mol. The fourth-order valence-corrected chi connectivity index (χ4v) is 2.04. The molecule has 1 aliphatic rings. The van der Waals surface area contributed by atoms with Crippen molar-refractivity contribution in [3.05, 3.63) is 30.1 Å². The lowest BCUT2D eigenvalue weighted by molar-refractivity contribution is 0.102. The van der Waals surface area contributed by atoms with Crippen LogP contribution in [0, 0.1) is 0 Å². The SMILES string of the molecule is CCn1cc(C(=O)Nc2cccc3c2OCCCO3)nn1. The number of para-hydroxylation sites is 1. The van der Waals surface area contributed by atoms with Gasteiger partial charge >= 0.3 is 0 Å². The van der Waals surface area contributed by atoms with Gasteiger partial charge in [0.1, 0.15) is 0 Å². The molecular formula is C14H16N4O3. The number of ether oxygens (including phenoxy) is 2. The van der Waals surface area contributed by atoms with Gasteiger partial charge in [-0.05, 0) is 19.1 Å². The molecule has 2 heterocycles. The summed E-state index contributed by atoms with van der Waals surface area (Å²) in [5.41, 5.74) is 0.842. The Balaban J connectivity index is 1.83. The Morgan fingerprint density at radius 1 is 1.38 bits per heavy atom. The van der Waals surface area contributed by atoms with Gasteiger partial charge in [-0.3, -0.25) is 9.48 Å². The largest absolute Gasteiger partial charge is 0.489 e. The minimum atomic E-state index is -0.323. The summed E-state index contributed by atoms with van der Waals surface area (Å²) in [7, 11) is 0.